The van der Waals surface area contributed by atoms with E-state index in [1.807, 2.05) is 12.2 Å². The fraction of sp³-hybridized carbons (Fsp3) is 0.316. The number of hydrogen-bond acceptors (Lipinski definition) is 6. The SMILES string of the molecule is C=CCOc1c(Br)cc(C=NN2C(=O)C3C4C=CC(C4)C3C2=O)cc1[N+](=O)[O-]. The molecule has 0 N–H and O–H groups in total. The average molecular weight is 446 g/mol. The Hall–Kier alpha value is -2.81. The van der Waals surface area contributed by atoms with E-state index in [0.717, 1.165) is 11.4 Å². The van der Waals surface area contributed by atoms with Crippen LogP contribution in [0, 0.1) is 33.8 Å². The lowest BCUT2D eigenvalue weighted by atomic mass is 9.85. The Bertz CT molecular complexity index is 927. The summed E-state index contributed by atoms with van der Waals surface area (Å²) >= 11 is 3.26. The second kappa shape index (κ2) is 6.97. The summed E-state index contributed by atoms with van der Waals surface area (Å²) in [6.45, 7) is 3.63. The van der Waals surface area contributed by atoms with Crippen molar-refractivity contribution in [3.63, 3.8) is 0 Å². The molecule has 0 aromatic heterocycles. The van der Waals surface area contributed by atoms with Gasteiger partial charge in [-0.05, 0) is 40.3 Å². The molecule has 0 radical (unpaired) electrons. The largest absolute Gasteiger partial charge is 0.482 e. The van der Waals surface area contributed by atoms with E-state index in [-0.39, 0.29) is 53.5 Å². The minimum absolute atomic E-state index is 0.0764. The van der Waals surface area contributed by atoms with E-state index in [0.29, 0.717) is 10.0 Å². The molecule has 1 saturated carbocycles. The highest BCUT2D eigenvalue weighted by molar-refractivity contribution is 9.10. The Balaban J connectivity index is 1.60. The van der Waals surface area contributed by atoms with Gasteiger partial charge in [-0.25, -0.2) is 0 Å². The first-order chi connectivity index (χ1) is 13.4. The highest BCUT2D eigenvalue weighted by Crippen LogP contribution is 2.52. The topological polar surface area (TPSA) is 102 Å². The maximum absolute atomic E-state index is 12.6. The van der Waals surface area contributed by atoms with Crippen LogP contribution in [0.1, 0.15) is 12.0 Å². The molecule has 2 amide bonds. The lowest BCUT2D eigenvalue weighted by Gasteiger charge is -2.13. The average Bonchev–Trinajstić information content (AvgIpc) is 3.33. The molecule has 2 bridgehead atoms. The number of allylic oxidation sites excluding steroid dienone is 2. The number of nitrogens with zero attached hydrogens (tertiary/aromatic N) is 3. The molecule has 1 aromatic rings. The molecule has 4 unspecified atom stereocenters. The molecule has 0 spiro atoms. The summed E-state index contributed by atoms with van der Waals surface area (Å²) in [5.74, 6) is -1.00. The molecule has 1 aliphatic heterocycles. The summed E-state index contributed by atoms with van der Waals surface area (Å²) in [5, 5.41) is 16.3. The van der Waals surface area contributed by atoms with Crippen molar-refractivity contribution in [2.24, 2.45) is 28.8 Å². The first-order valence-corrected chi connectivity index (χ1v) is 9.53. The number of ether oxygens (including phenoxy) is 1. The first kappa shape index (κ1) is 18.5. The third-order valence-corrected chi connectivity index (χ3v) is 5.95. The highest BCUT2D eigenvalue weighted by Gasteiger charge is 2.59. The fourth-order valence-corrected chi connectivity index (χ4v) is 4.80. The van der Waals surface area contributed by atoms with Crippen LogP contribution in [0.5, 0.6) is 5.75 Å². The Morgan fingerprint density at radius 2 is 1.93 bits per heavy atom. The van der Waals surface area contributed by atoms with Crippen molar-refractivity contribution in [3.8, 4) is 5.75 Å². The molecular weight excluding hydrogens is 430 g/mol. The summed E-state index contributed by atoms with van der Waals surface area (Å²) in [4.78, 5) is 36.1. The number of nitro groups is 1. The number of rotatable bonds is 6. The van der Waals surface area contributed by atoms with Crippen molar-refractivity contribution in [3.05, 3.63) is 57.1 Å². The number of imide groups is 1. The Labute approximate surface area is 168 Å². The van der Waals surface area contributed by atoms with Gasteiger partial charge in [0.15, 0.2) is 0 Å². The Morgan fingerprint density at radius 3 is 2.50 bits per heavy atom. The van der Waals surface area contributed by atoms with Crippen LogP contribution >= 0.6 is 15.9 Å². The smallest absolute Gasteiger partial charge is 0.312 e. The van der Waals surface area contributed by atoms with Crippen molar-refractivity contribution in [2.75, 3.05) is 6.61 Å². The number of hydrazone groups is 1. The zero-order chi connectivity index (χ0) is 20.0. The number of carbonyl (C=O) groups is 2. The number of halogens is 1. The van der Waals surface area contributed by atoms with Crippen LogP contribution in [-0.4, -0.2) is 34.6 Å². The lowest BCUT2D eigenvalue weighted by Crippen LogP contribution is -2.28. The normalized spacial score (nSPS) is 27.7. The van der Waals surface area contributed by atoms with E-state index in [4.69, 9.17) is 4.74 Å². The van der Waals surface area contributed by atoms with E-state index >= 15 is 0 Å². The standard InChI is InChI=1S/C19H16BrN3O5/c1-2-5-28-17-13(20)6-10(7-14(17)23(26)27)9-21-22-18(24)15-11-3-4-12(8-11)16(15)19(22)25/h2-4,6-7,9,11-12,15-16H,1,5,8H2. The molecule has 1 saturated heterocycles. The number of amides is 2. The third-order valence-electron chi connectivity index (χ3n) is 5.36. The molecule has 4 atom stereocenters. The van der Waals surface area contributed by atoms with Crippen LogP contribution < -0.4 is 4.74 Å². The van der Waals surface area contributed by atoms with E-state index in [2.05, 4.69) is 27.6 Å². The van der Waals surface area contributed by atoms with Gasteiger partial charge in [0.2, 0.25) is 5.75 Å². The number of fused-ring (bicyclic) bond motifs is 5. The quantitative estimate of drug-likeness (QED) is 0.220. The maximum Gasteiger partial charge on any atom is 0.312 e. The van der Waals surface area contributed by atoms with Crippen molar-refractivity contribution < 1.29 is 19.2 Å². The van der Waals surface area contributed by atoms with Crippen LogP contribution in [0.15, 0.2) is 46.5 Å². The molecule has 2 fully saturated rings. The number of carbonyl (C=O) groups excluding carboxylic acids is 2. The van der Waals surface area contributed by atoms with E-state index in [9.17, 15) is 19.7 Å². The molecular formula is C19H16BrN3O5. The van der Waals surface area contributed by atoms with E-state index < -0.39 is 4.92 Å². The van der Waals surface area contributed by atoms with Crippen LogP contribution in [0.3, 0.4) is 0 Å². The third kappa shape index (κ3) is 2.86. The second-order valence-corrected chi connectivity index (χ2v) is 7.79. The number of nitro benzene ring substituents is 1. The molecule has 1 aromatic carbocycles. The van der Waals surface area contributed by atoms with Gasteiger partial charge in [0.25, 0.3) is 11.8 Å². The summed E-state index contributed by atoms with van der Waals surface area (Å²) in [7, 11) is 0. The molecule has 9 heteroatoms. The predicted molar refractivity (Wildman–Crippen MR) is 104 cm³/mol. The van der Waals surface area contributed by atoms with Gasteiger partial charge in [0.1, 0.15) is 6.61 Å². The molecule has 2 aliphatic carbocycles. The van der Waals surface area contributed by atoms with Gasteiger partial charge >= 0.3 is 5.69 Å². The van der Waals surface area contributed by atoms with Gasteiger partial charge in [-0.15, -0.1) is 0 Å². The number of benzene rings is 1. The van der Waals surface area contributed by atoms with Gasteiger partial charge in [0.05, 0.1) is 27.4 Å². The Morgan fingerprint density at radius 1 is 1.29 bits per heavy atom. The highest BCUT2D eigenvalue weighted by atomic mass is 79.9. The Kier molecular flexibility index (Phi) is 4.62. The van der Waals surface area contributed by atoms with E-state index in [1.54, 1.807) is 6.07 Å². The van der Waals surface area contributed by atoms with Crippen molar-refractivity contribution in [2.45, 2.75) is 6.42 Å². The summed E-state index contributed by atoms with van der Waals surface area (Å²) < 4.78 is 5.71. The summed E-state index contributed by atoms with van der Waals surface area (Å²) in [6, 6.07) is 2.86. The van der Waals surface area contributed by atoms with Crippen molar-refractivity contribution >= 4 is 39.6 Å². The molecule has 28 heavy (non-hydrogen) atoms. The lowest BCUT2D eigenvalue weighted by molar-refractivity contribution is -0.385. The maximum atomic E-state index is 12.6. The van der Waals surface area contributed by atoms with Crippen LogP contribution in [0.2, 0.25) is 0 Å². The van der Waals surface area contributed by atoms with Crippen LogP contribution in [0.4, 0.5) is 5.69 Å². The van der Waals surface area contributed by atoms with Gasteiger partial charge in [-0.1, -0.05) is 24.8 Å². The molecule has 4 rings (SSSR count). The van der Waals surface area contributed by atoms with Crippen molar-refractivity contribution in [1.29, 1.82) is 0 Å². The first-order valence-electron chi connectivity index (χ1n) is 8.74. The molecule has 144 valence electrons. The van der Waals surface area contributed by atoms with Crippen LogP contribution in [-0.2, 0) is 9.59 Å². The summed E-state index contributed by atoms with van der Waals surface area (Å²) in [6.07, 6.45) is 7.62. The van der Waals surface area contributed by atoms with Gasteiger partial charge in [0, 0.05) is 11.6 Å². The number of hydrogen-bond donors (Lipinski definition) is 0. The van der Waals surface area contributed by atoms with Crippen LogP contribution in [0.25, 0.3) is 0 Å². The monoisotopic (exact) mass is 445 g/mol. The predicted octanol–water partition coefficient (Wildman–Crippen LogP) is 3.06. The minimum Gasteiger partial charge on any atom is -0.482 e. The van der Waals surface area contributed by atoms with E-state index in [1.165, 1.54) is 18.4 Å². The summed E-state index contributed by atoms with van der Waals surface area (Å²) in [5.41, 5.74) is 0.110. The molecule has 3 aliphatic rings. The minimum atomic E-state index is -0.569. The molecule has 1 heterocycles. The molecule has 8 nitrogen and oxygen atoms in total. The zero-order valence-corrected chi connectivity index (χ0v) is 16.2. The van der Waals surface area contributed by atoms with Gasteiger partial charge < -0.3 is 4.74 Å². The van der Waals surface area contributed by atoms with Gasteiger partial charge in [-0.3, -0.25) is 19.7 Å². The fourth-order valence-electron chi connectivity index (χ4n) is 4.22. The van der Waals surface area contributed by atoms with Crippen molar-refractivity contribution in [1.82, 2.24) is 5.01 Å². The zero-order valence-electron chi connectivity index (χ0n) is 14.7. The second-order valence-electron chi connectivity index (χ2n) is 6.94. The van der Waals surface area contributed by atoms with Gasteiger partial charge in [-0.2, -0.15) is 10.1 Å².